The highest BCUT2D eigenvalue weighted by Gasteiger charge is 2.62. The standard InChI is InChI=1S/C58H96N2O28/c1-61-24-31-37-43(67-7)50(74-14)56(80-31)87-39-33(26-63-3)82-58(52(76-16)45(39)69-9)88-40-34(27-64-4)81-57(51(75-15)46(40)70-10)86-38-32(25-62-2)79-55(49(73-13)44(38)68-8)84-36-30-23-60(21-28-19-17-18-20-59-28)22-29-35(41(65-5)48(72-12)54(78-29)85-37)83-53(77-30)47(71-11)42(36)66-6/h17-20,29-58H,21-27H2,1-16H3/t29-,30-,31-,32-,33-,34-,35-,36-,37-,38-,39-,40-,41+,42+,43+,44+,45+,46+,47-,48-,49-,50-,51-,52-,53-,54-,55-,56-,57-,58-/m1/s1. The van der Waals surface area contributed by atoms with Crippen molar-refractivity contribution in [2.24, 2.45) is 0 Å². The minimum absolute atomic E-state index is 0.000135. The number of nitrogens with zero attached hydrogens (tertiary/aromatic N) is 2. The van der Waals surface area contributed by atoms with Crippen molar-refractivity contribution >= 4 is 0 Å². The molecule has 30 nitrogen and oxygen atoms in total. The van der Waals surface area contributed by atoms with Gasteiger partial charge < -0.3 is 133 Å². The van der Waals surface area contributed by atoms with Crippen LogP contribution >= 0.6 is 0 Å². The first-order valence-corrected chi connectivity index (χ1v) is 29.7. The van der Waals surface area contributed by atoms with Crippen LogP contribution in [0.2, 0.25) is 0 Å². The molecule has 17 rings (SSSR count). The van der Waals surface area contributed by atoms with E-state index < -0.39 is 184 Å². The van der Waals surface area contributed by atoms with Gasteiger partial charge in [-0.25, -0.2) is 0 Å². The van der Waals surface area contributed by atoms with Gasteiger partial charge in [0.1, 0.15) is 146 Å². The third-order valence-electron chi connectivity index (χ3n) is 17.9. The van der Waals surface area contributed by atoms with Crippen LogP contribution in [0.25, 0.3) is 0 Å². The van der Waals surface area contributed by atoms with Crippen LogP contribution in [0.1, 0.15) is 5.69 Å². The topological polar surface area (TPSA) is 275 Å². The summed E-state index contributed by atoms with van der Waals surface area (Å²) >= 11 is 0. The molecular weight excluding hydrogens is 1170 g/mol. The zero-order valence-corrected chi connectivity index (χ0v) is 53.4. The fraction of sp³-hybridized carbons (Fsp3) is 0.914. The number of ether oxygens (including phenoxy) is 28. The normalized spacial score (nSPS) is 45.3. The number of hydrogen-bond donors (Lipinski definition) is 0. The van der Waals surface area contributed by atoms with E-state index in [9.17, 15) is 0 Å². The smallest absolute Gasteiger partial charge is 0.187 e. The number of rotatable bonds is 22. The van der Waals surface area contributed by atoms with Crippen LogP contribution in [-0.4, -0.2) is 347 Å². The summed E-state index contributed by atoms with van der Waals surface area (Å²) in [6.07, 6.45) is -27.2. The van der Waals surface area contributed by atoms with Gasteiger partial charge >= 0.3 is 0 Å². The highest BCUT2D eigenvalue weighted by Crippen LogP contribution is 2.43. The average molecular weight is 1270 g/mol. The SMILES string of the molecule is COC[C@H]1O[C@@H]2O[C@H]3[C@H](OC)[C@@H](OC)[C@@H](O[C@H]4[C@H](OC)[C@@H](OC)[C@H]5O[C@H]6[C@H](OC)[C@@H](OC)[C@@H](O[C@H]7[C@H](OC)[C@@H](OC)[C@@H](O[C@H]8[C@H](OC)[C@@H](OC)[C@@H](O[C@H]1[C@H](OC)[C@H]2OC)O[C@@H]8COC)O[C@@H]7COC)O[C@@H]6CN(Cc1ccccn1)C[C@H]4O5)O[C@@H]3COC. The molecule has 1 aromatic heterocycles. The molecule has 16 fully saturated rings. The Morgan fingerprint density at radius 3 is 0.807 bits per heavy atom. The maximum Gasteiger partial charge on any atom is 0.187 e. The van der Waals surface area contributed by atoms with Crippen molar-refractivity contribution in [1.29, 1.82) is 0 Å². The van der Waals surface area contributed by atoms with E-state index in [1.807, 2.05) is 18.2 Å². The van der Waals surface area contributed by atoms with Crippen molar-refractivity contribution in [3.8, 4) is 0 Å². The molecule has 12 bridgehead atoms. The number of methoxy groups -OCH3 is 16. The molecule has 0 aliphatic carbocycles. The van der Waals surface area contributed by atoms with Crippen molar-refractivity contribution in [1.82, 2.24) is 9.88 Å². The van der Waals surface area contributed by atoms with E-state index in [0.29, 0.717) is 6.54 Å². The zero-order chi connectivity index (χ0) is 62.8. The summed E-state index contributed by atoms with van der Waals surface area (Å²) in [6.45, 7) is 0.736. The van der Waals surface area contributed by atoms with Crippen LogP contribution in [0.5, 0.6) is 0 Å². The van der Waals surface area contributed by atoms with E-state index in [2.05, 4.69) is 4.90 Å². The lowest BCUT2D eigenvalue weighted by atomic mass is 9.94. The molecule has 16 aliphatic rings. The first-order valence-electron chi connectivity index (χ1n) is 29.7. The van der Waals surface area contributed by atoms with Crippen LogP contribution in [-0.2, 0) is 139 Å². The van der Waals surface area contributed by atoms with Crippen molar-refractivity contribution in [2.75, 3.05) is 153 Å². The van der Waals surface area contributed by atoms with Crippen LogP contribution in [0, 0.1) is 0 Å². The predicted molar refractivity (Wildman–Crippen MR) is 298 cm³/mol. The predicted octanol–water partition coefficient (Wildman–Crippen LogP) is -0.663. The van der Waals surface area contributed by atoms with Crippen LogP contribution in [0.4, 0.5) is 0 Å². The number of fused-ring (bicyclic) bond motifs is 2. The maximum atomic E-state index is 7.22. The highest BCUT2D eigenvalue weighted by molar-refractivity contribution is 5.07. The van der Waals surface area contributed by atoms with Crippen molar-refractivity contribution in [2.45, 2.75) is 191 Å². The summed E-state index contributed by atoms with van der Waals surface area (Å²) in [6, 6.07) is 5.72. The quantitative estimate of drug-likeness (QED) is 0.139. The van der Waals surface area contributed by atoms with Crippen LogP contribution in [0.15, 0.2) is 24.4 Å². The maximum absolute atomic E-state index is 7.22. The van der Waals surface area contributed by atoms with Gasteiger partial charge in [0.15, 0.2) is 37.7 Å². The van der Waals surface area contributed by atoms with Gasteiger partial charge in [0.25, 0.3) is 0 Å². The minimum atomic E-state index is -1.18. The first kappa shape index (κ1) is 70.3. The van der Waals surface area contributed by atoms with E-state index in [0.717, 1.165) is 5.69 Å². The lowest BCUT2D eigenvalue weighted by Gasteiger charge is -2.53. The summed E-state index contributed by atoms with van der Waals surface area (Å²) < 4.78 is 184. The Kier molecular flexibility index (Phi) is 26.7. The molecule has 506 valence electrons. The Morgan fingerprint density at radius 2 is 0.568 bits per heavy atom. The third kappa shape index (κ3) is 14.8. The summed E-state index contributed by atoms with van der Waals surface area (Å²) in [7, 11) is 24.7. The minimum Gasteiger partial charge on any atom is -0.382 e. The van der Waals surface area contributed by atoms with E-state index in [4.69, 9.17) is 138 Å². The summed E-state index contributed by atoms with van der Waals surface area (Å²) in [5, 5.41) is 0. The molecule has 0 radical (unpaired) electrons. The number of pyridine rings is 1. The van der Waals surface area contributed by atoms with Gasteiger partial charge in [-0.1, -0.05) is 6.07 Å². The molecule has 0 aromatic carbocycles. The van der Waals surface area contributed by atoms with Crippen molar-refractivity contribution in [3.05, 3.63) is 30.1 Å². The third-order valence-corrected chi connectivity index (χ3v) is 17.9. The van der Waals surface area contributed by atoms with E-state index in [-0.39, 0.29) is 39.5 Å². The molecule has 16 aliphatic heterocycles. The van der Waals surface area contributed by atoms with Gasteiger partial charge in [0.05, 0.1) is 32.1 Å². The fourth-order valence-electron chi connectivity index (χ4n) is 13.9. The van der Waals surface area contributed by atoms with Gasteiger partial charge in [0.2, 0.25) is 0 Å². The second kappa shape index (κ2) is 33.4. The van der Waals surface area contributed by atoms with Crippen LogP contribution in [0.3, 0.4) is 0 Å². The number of hydrogen-bond acceptors (Lipinski definition) is 30. The molecule has 30 heteroatoms. The second-order valence-electron chi connectivity index (χ2n) is 22.6. The summed E-state index contributed by atoms with van der Waals surface area (Å²) in [4.78, 5) is 6.89. The zero-order valence-electron chi connectivity index (χ0n) is 53.4. The molecule has 0 N–H and O–H groups in total. The van der Waals surface area contributed by atoms with Gasteiger partial charge in [-0.3, -0.25) is 9.88 Å². The molecule has 0 amide bonds. The van der Waals surface area contributed by atoms with E-state index in [1.165, 1.54) is 42.7 Å². The lowest BCUT2D eigenvalue weighted by molar-refractivity contribution is -0.407. The molecule has 88 heavy (non-hydrogen) atoms. The van der Waals surface area contributed by atoms with Gasteiger partial charge in [0, 0.05) is 140 Å². The van der Waals surface area contributed by atoms with Gasteiger partial charge in [-0.15, -0.1) is 0 Å². The van der Waals surface area contributed by atoms with E-state index in [1.54, 1.807) is 77.3 Å². The van der Waals surface area contributed by atoms with Gasteiger partial charge in [-0.2, -0.15) is 0 Å². The summed E-state index contributed by atoms with van der Waals surface area (Å²) in [5.74, 6) is 0. The largest absolute Gasteiger partial charge is 0.382 e. The Morgan fingerprint density at radius 1 is 0.318 bits per heavy atom. The molecular formula is C58H96N2O28. The average Bonchev–Trinajstić information content (AvgIpc) is 1.42. The highest BCUT2D eigenvalue weighted by atomic mass is 16.8. The van der Waals surface area contributed by atoms with E-state index >= 15 is 0 Å². The van der Waals surface area contributed by atoms with Gasteiger partial charge in [-0.05, 0) is 12.1 Å². The van der Waals surface area contributed by atoms with Crippen molar-refractivity contribution < 1.29 is 133 Å². The van der Waals surface area contributed by atoms with Crippen LogP contribution < -0.4 is 0 Å². The monoisotopic (exact) mass is 1270 g/mol. The molecule has 0 saturated carbocycles. The summed E-state index contributed by atoms with van der Waals surface area (Å²) in [5.41, 5.74) is 0.762. The fourth-order valence-corrected chi connectivity index (χ4v) is 13.9. The Bertz CT molecular complexity index is 2170. The Balaban J connectivity index is 1.18. The molecule has 1 aromatic rings. The first-order chi connectivity index (χ1) is 42.9. The lowest BCUT2D eigenvalue weighted by Crippen LogP contribution is -2.70. The second-order valence-corrected chi connectivity index (χ2v) is 22.6. The molecule has 30 atom stereocenters. The molecule has 0 unspecified atom stereocenters. The molecule has 16 saturated heterocycles. The Labute approximate surface area is 515 Å². The number of aromatic nitrogens is 1. The Hall–Kier alpha value is -2.01. The van der Waals surface area contributed by atoms with Crippen molar-refractivity contribution in [3.63, 3.8) is 0 Å². The molecule has 17 heterocycles. The molecule has 0 spiro atoms.